The van der Waals surface area contributed by atoms with Crippen LogP contribution in [0.3, 0.4) is 0 Å². The second kappa shape index (κ2) is 3.57. The van der Waals surface area contributed by atoms with Gasteiger partial charge in [-0.15, -0.1) is 0 Å². The fourth-order valence-electron chi connectivity index (χ4n) is 4.59. The molecule has 5 heteroatoms. The maximum absolute atomic E-state index is 11.6. The van der Waals surface area contributed by atoms with E-state index >= 15 is 0 Å². The summed E-state index contributed by atoms with van der Waals surface area (Å²) >= 11 is 0. The summed E-state index contributed by atoms with van der Waals surface area (Å²) in [5, 5.41) is 0. The van der Waals surface area contributed by atoms with Crippen LogP contribution < -0.4 is 0 Å². The lowest BCUT2D eigenvalue weighted by Crippen LogP contribution is -2.68. The summed E-state index contributed by atoms with van der Waals surface area (Å²) < 4.78 is 0. The summed E-state index contributed by atoms with van der Waals surface area (Å²) in [5.41, 5.74) is 1.72. The van der Waals surface area contributed by atoms with E-state index in [4.69, 9.17) is 0 Å². The second-order valence-electron chi connectivity index (χ2n) is 7.29. The number of Topliss-reactive ketones (excluding diaryl/α,β-unsaturated/α-hetero) is 1. The molecule has 0 aromatic carbocycles. The number of likely N-dealkylation sites (N-methyl/N-ethyl adjacent to an activating group) is 2. The van der Waals surface area contributed by atoms with Crippen molar-refractivity contribution in [3.05, 3.63) is 11.9 Å². The molecule has 0 saturated heterocycles. The lowest BCUT2D eigenvalue weighted by molar-refractivity contribution is -0.208. The number of ketones is 1. The number of aliphatic imine (C=N–C) groups is 1. The molecule has 0 amide bonds. The molecule has 5 rings (SSSR count). The van der Waals surface area contributed by atoms with Crippen LogP contribution in [-0.4, -0.2) is 60.3 Å². The first-order valence-electron chi connectivity index (χ1n) is 7.37. The predicted octanol–water partition coefficient (Wildman–Crippen LogP) is 1.09. The number of hydrogen-bond acceptors (Lipinski definition) is 5. The molecule has 3 fully saturated rings. The van der Waals surface area contributed by atoms with E-state index in [0.29, 0.717) is 11.2 Å². The zero-order chi connectivity index (χ0) is 14.1. The van der Waals surface area contributed by atoms with E-state index in [1.54, 1.807) is 6.92 Å². The minimum atomic E-state index is 0.0750. The number of amidine groups is 1. The van der Waals surface area contributed by atoms with Crippen LogP contribution in [0, 0.1) is 10.8 Å². The zero-order valence-corrected chi connectivity index (χ0v) is 12.5. The average molecular weight is 274 g/mol. The number of hydrogen-bond donors (Lipinski definition) is 0. The fraction of sp³-hybridized carbons (Fsp3) is 0.733. The Morgan fingerprint density at radius 1 is 1.30 bits per heavy atom. The van der Waals surface area contributed by atoms with Crippen LogP contribution in [0.5, 0.6) is 0 Å². The first-order valence-corrected chi connectivity index (χ1v) is 7.37. The molecule has 0 spiro atoms. The van der Waals surface area contributed by atoms with Gasteiger partial charge >= 0.3 is 0 Å². The highest BCUT2D eigenvalue weighted by molar-refractivity contribution is 5.99. The quantitative estimate of drug-likeness (QED) is 0.772. The van der Waals surface area contributed by atoms with E-state index in [0.717, 1.165) is 45.0 Å². The van der Waals surface area contributed by atoms with Crippen molar-refractivity contribution in [1.29, 1.82) is 0 Å². The van der Waals surface area contributed by atoms with Gasteiger partial charge < -0.3 is 14.7 Å². The molecule has 0 aromatic heterocycles. The molecule has 0 radical (unpaired) electrons. The van der Waals surface area contributed by atoms with Gasteiger partial charge in [0.15, 0.2) is 5.84 Å². The summed E-state index contributed by atoms with van der Waals surface area (Å²) in [5.74, 6) is 1.51. The summed E-state index contributed by atoms with van der Waals surface area (Å²) in [6.07, 6.45) is 5.58. The number of carbonyl (C=O) groups excluding carboxylic acids is 1. The Labute approximate surface area is 119 Å². The molecule has 0 atom stereocenters. The molecule has 2 bridgehead atoms. The van der Waals surface area contributed by atoms with Crippen molar-refractivity contribution in [3.63, 3.8) is 0 Å². The Hall–Kier alpha value is -1.52. The van der Waals surface area contributed by atoms with E-state index in [-0.39, 0.29) is 5.41 Å². The zero-order valence-electron chi connectivity index (χ0n) is 12.5. The molecular weight excluding hydrogens is 252 g/mol. The smallest absolute Gasteiger partial charge is 0.152 e. The van der Waals surface area contributed by atoms with E-state index in [1.165, 1.54) is 5.70 Å². The number of carbonyl (C=O) groups is 1. The van der Waals surface area contributed by atoms with Crippen molar-refractivity contribution >= 4 is 11.6 Å². The van der Waals surface area contributed by atoms with E-state index < -0.39 is 0 Å². The van der Waals surface area contributed by atoms with Crippen LogP contribution in [0.25, 0.3) is 0 Å². The van der Waals surface area contributed by atoms with Crippen molar-refractivity contribution in [2.45, 2.75) is 26.2 Å². The third-order valence-corrected chi connectivity index (χ3v) is 5.56. The maximum atomic E-state index is 11.6. The average Bonchev–Trinajstić information content (AvgIpc) is 2.64. The van der Waals surface area contributed by atoms with Gasteiger partial charge in [0.2, 0.25) is 0 Å². The van der Waals surface area contributed by atoms with Crippen molar-refractivity contribution in [2.75, 3.05) is 34.0 Å². The Morgan fingerprint density at radius 3 is 2.65 bits per heavy atom. The van der Waals surface area contributed by atoms with E-state index in [2.05, 4.69) is 40.0 Å². The highest BCUT2D eigenvalue weighted by Gasteiger charge is 2.70. The predicted molar refractivity (Wildman–Crippen MR) is 76.9 cm³/mol. The monoisotopic (exact) mass is 274 g/mol. The van der Waals surface area contributed by atoms with Crippen molar-refractivity contribution < 1.29 is 4.79 Å². The molecule has 20 heavy (non-hydrogen) atoms. The fourth-order valence-corrected chi connectivity index (χ4v) is 4.59. The minimum absolute atomic E-state index is 0.0750. The van der Waals surface area contributed by atoms with Crippen LogP contribution >= 0.6 is 0 Å². The molecule has 2 aliphatic heterocycles. The first-order chi connectivity index (χ1) is 9.43. The van der Waals surface area contributed by atoms with E-state index in [1.807, 2.05) is 0 Å². The third kappa shape index (κ3) is 1.43. The van der Waals surface area contributed by atoms with E-state index in [9.17, 15) is 4.79 Å². The van der Waals surface area contributed by atoms with Crippen LogP contribution in [0.15, 0.2) is 16.9 Å². The Balaban J connectivity index is 1.47. The van der Waals surface area contributed by atoms with Gasteiger partial charge in [0.1, 0.15) is 12.5 Å². The van der Waals surface area contributed by atoms with Gasteiger partial charge in [0, 0.05) is 32.3 Å². The van der Waals surface area contributed by atoms with Crippen LogP contribution in [0.4, 0.5) is 0 Å². The van der Waals surface area contributed by atoms with Gasteiger partial charge in [-0.05, 0) is 31.6 Å². The molecule has 108 valence electrons. The Bertz CT molecular complexity index is 530. The highest BCUT2D eigenvalue weighted by atomic mass is 16.1. The van der Waals surface area contributed by atoms with Crippen LogP contribution in [-0.2, 0) is 4.79 Å². The molecule has 5 nitrogen and oxygen atoms in total. The lowest BCUT2D eigenvalue weighted by Gasteiger charge is -2.70. The molecule has 0 unspecified atom stereocenters. The van der Waals surface area contributed by atoms with Crippen molar-refractivity contribution in [3.8, 4) is 0 Å². The van der Waals surface area contributed by atoms with Crippen molar-refractivity contribution in [2.24, 2.45) is 15.8 Å². The summed E-state index contributed by atoms with van der Waals surface area (Å²) in [4.78, 5) is 23.0. The SMILES string of the molecule is CC(=O)C12CC(CN3C=C4C(=NCN4C)N(C)C3)(C1)C2. The third-order valence-electron chi connectivity index (χ3n) is 5.56. The van der Waals surface area contributed by atoms with Gasteiger partial charge in [-0.1, -0.05) is 0 Å². The normalized spacial score (nSPS) is 37.9. The summed E-state index contributed by atoms with van der Waals surface area (Å²) in [7, 11) is 4.20. The molecule has 5 aliphatic rings. The molecule has 3 saturated carbocycles. The molecule has 2 heterocycles. The summed E-state index contributed by atoms with van der Waals surface area (Å²) in [6.45, 7) is 4.51. The first kappa shape index (κ1) is 12.2. The van der Waals surface area contributed by atoms with Crippen molar-refractivity contribution in [1.82, 2.24) is 14.7 Å². The number of fused-ring (bicyclic) bond motifs is 1. The molecule has 3 aliphatic carbocycles. The minimum Gasteiger partial charge on any atom is -0.357 e. The topological polar surface area (TPSA) is 39.2 Å². The Morgan fingerprint density at radius 2 is 2.00 bits per heavy atom. The number of rotatable bonds is 3. The standard InChI is InChI=1S/C15H22N4O/c1-11(20)15-5-14(6-15,7-15)8-19-4-12-13(18(3)10-19)16-9-17(12)2/h4H,5-10H2,1-3H3. The van der Waals surface area contributed by atoms with Gasteiger partial charge in [-0.2, -0.15) is 0 Å². The maximum Gasteiger partial charge on any atom is 0.152 e. The van der Waals surface area contributed by atoms with Gasteiger partial charge in [0.25, 0.3) is 0 Å². The van der Waals surface area contributed by atoms with Crippen LogP contribution in [0.2, 0.25) is 0 Å². The highest BCUT2D eigenvalue weighted by Crippen LogP contribution is 2.73. The molecule has 0 aromatic rings. The largest absolute Gasteiger partial charge is 0.357 e. The van der Waals surface area contributed by atoms with Gasteiger partial charge in [0.05, 0.1) is 12.4 Å². The van der Waals surface area contributed by atoms with Gasteiger partial charge in [-0.25, -0.2) is 4.99 Å². The number of nitrogens with zero attached hydrogens (tertiary/aromatic N) is 4. The molecule has 0 N–H and O–H groups in total. The Kier molecular flexibility index (Phi) is 2.18. The summed E-state index contributed by atoms with van der Waals surface area (Å²) in [6, 6.07) is 0. The molecular formula is C15H22N4O. The van der Waals surface area contributed by atoms with Gasteiger partial charge in [-0.3, -0.25) is 4.79 Å². The van der Waals surface area contributed by atoms with Crippen LogP contribution in [0.1, 0.15) is 26.2 Å². The lowest BCUT2D eigenvalue weighted by atomic mass is 9.34. The second-order valence-corrected chi connectivity index (χ2v) is 7.29.